The molecule has 5 heteroatoms. The van der Waals surface area contributed by atoms with Gasteiger partial charge in [0.1, 0.15) is 6.61 Å². The van der Waals surface area contributed by atoms with Crippen molar-refractivity contribution in [3.05, 3.63) is 35.9 Å². The zero-order chi connectivity index (χ0) is 17.2. The Kier molecular flexibility index (Phi) is 7.46. The first-order valence-electron chi connectivity index (χ1n) is 8.67. The van der Waals surface area contributed by atoms with Gasteiger partial charge in [-0.1, -0.05) is 37.3 Å². The molecule has 0 saturated heterocycles. The first-order valence-corrected chi connectivity index (χ1v) is 8.67. The summed E-state index contributed by atoms with van der Waals surface area (Å²) in [7, 11) is 1.76. The molecule has 1 aliphatic carbocycles. The second-order valence-corrected chi connectivity index (χ2v) is 6.01. The molecular formula is C19H27N3O2. The molecule has 1 aromatic rings. The molecule has 0 bridgehead atoms. The monoisotopic (exact) mass is 329 g/mol. The normalized spacial score (nSPS) is 22.7. The summed E-state index contributed by atoms with van der Waals surface area (Å²) < 4.78 is 5.34. The van der Waals surface area contributed by atoms with Gasteiger partial charge in [0.05, 0.1) is 5.92 Å². The van der Waals surface area contributed by atoms with Crippen molar-refractivity contribution in [1.29, 1.82) is 0 Å². The van der Waals surface area contributed by atoms with Crippen LogP contribution in [0.1, 0.15) is 38.2 Å². The van der Waals surface area contributed by atoms with Crippen LogP contribution in [-0.4, -0.2) is 37.7 Å². The lowest BCUT2D eigenvalue weighted by Gasteiger charge is -2.31. The molecule has 2 rings (SSSR count). The fourth-order valence-electron chi connectivity index (χ4n) is 2.95. The molecule has 0 radical (unpaired) electrons. The number of alkyl carbamates (subject to hydrolysis) is 1. The van der Waals surface area contributed by atoms with Gasteiger partial charge in [0.2, 0.25) is 0 Å². The number of aliphatic imine (C=N–C) groups is 2. The van der Waals surface area contributed by atoms with Gasteiger partial charge < -0.3 is 15.0 Å². The van der Waals surface area contributed by atoms with Crippen molar-refractivity contribution in [1.82, 2.24) is 5.32 Å². The standard InChI is InChI=1S/C19H27N3O2/c1-3-12-21-17-10-7-11-18(16(17)13-20-2)22-19(23)24-14-15-8-5-4-6-9-15/h4-6,8-9,13,16,18H,3,7,10-12,14H2,1-2H3,(H,22,23). The van der Waals surface area contributed by atoms with E-state index in [9.17, 15) is 4.79 Å². The number of benzene rings is 1. The van der Waals surface area contributed by atoms with Crippen molar-refractivity contribution < 1.29 is 9.53 Å². The minimum atomic E-state index is -0.380. The average molecular weight is 329 g/mol. The van der Waals surface area contributed by atoms with Crippen molar-refractivity contribution in [3.63, 3.8) is 0 Å². The molecule has 1 saturated carbocycles. The highest BCUT2D eigenvalue weighted by Crippen LogP contribution is 2.22. The molecule has 2 atom stereocenters. The minimum absolute atomic E-state index is 0.00123. The summed E-state index contributed by atoms with van der Waals surface area (Å²) in [5, 5.41) is 3.00. The Morgan fingerprint density at radius 1 is 1.38 bits per heavy atom. The lowest BCUT2D eigenvalue weighted by Crippen LogP contribution is -2.46. The zero-order valence-electron chi connectivity index (χ0n) is 14.6. The van der Waals surface area contributed by atoms with Crippen LogP contribution in [0.3, 0.4) is 0 Å². The SMILES string of the molecule is CCCN=C1CCCC(NC(=O)OCc2ccccc2)C1C=NC. The summed E-state index contributed by atoms with van der Waals surface area (Å²) in [5.74, 6) is 0.0691. The van der Waals surface area contributed by atoms with Gasteiger partial charge in [-0.15, -0.1) is 0 Å². The van der Waals surface area contributed by atoms with Gasteiger partial charge >= 0.3 is 6.09 Å². The summed E-state index contributed by atoms with van der Waals surface area (Å²) in [5.41, 5.74) is 2.12. The highest BCUT2D eigenvalue weighted by atomic mass is 16.5. The van der Waals surface area contributed by atoms with Crippen LogP contribution in [0.4, 0.5) is 4.79 Å². The maximum absolute atomic E-state index is 12.1. The molecule has 0 spiro atoms. The van der Waals surface area contributed by atoms with E-state index in [-0.39, 0.29) is 24.7 Å². The summed E-state index contributed by atoms with van der Waals surface area (Å²) in [4.78, 5) is 21.0. The van der Waals surface area contributed by atoms with Crippen LogP contribution in [-0.2, 0) is 11.3 Å². The Morgan fingerprint density at radius 2 is 2.17 bits per heavy atom. The van der Waals surface area contributed by atoms with Crippen LogP contribution in [0.15, 0.2) is 40.3 Å². The largest absolute Gasteiger partial charge is 0.445 e. The fraction of sp³-hybridized carbons (Fsp3) is 0.526. The third-order valence-corrected chi connectivity index (χ3v) is 4.13. The summed E-state index contributed by atoms with van der Waals surface area (Å²) in [6, 6.07) is 9.69. The number of carbonyl (C=O) groups is 1. The quantitative estimate of drug-likeness (QED) is 0.810. The molecule has 0 aliphatic heterocycles. The van der Waals surface area contributed by atoms with E-state index in [1.807, 2.05) is 36.5 Å². The maximum Gasteiger partial charge on any atom is 0.407 e. The van der Waals surface area contributed by atoms with Crippen molar-refractivity contribution in [2.45, 2.75) is 45.3 Å². The fourth-order valence-corrected chi connectivity index (χ4v) is 2.95. The number of carbonyl (C=O) groups excluding carboxylic acids is 1. The summed E-state index contributed by atoms with van der Waals surface area (Å²) in [6.07, 6.45) is 5.47. The number of nitrogens with one attached hydrogen (secondary N) is 1. The van der Waals surface area contributed by atoms with E-state index < -0.39 is 0 Å². The molecule has 0 heterocycles. The van der Waals surface area contributed by atoms with Gasteiger partial charge in [-0.3, -0.25) is 4.99 Å². The van der Waals surface area contributed by atoms with E-state index in [0.29, 0.717) is 0 Å². The van der Waals surface area contributed by atoms with Gasteiger partial charge in [0.25, 0.3) is 0 Å². The number of nitrogens with zero attached hydrogens (tertiary/aromatic N) is 2. The van der Waals surface area contributed by atoms with Crippen LogP contribution in [0, 0.1) is 5.92 Å². The molecule has 1 fully saturated rings. The van der Waals surface area contributed by atoms with Gasteiger partial charge in [0.15, 0.2) is 0 Å². The Morgan fingerprint density at radius 3 is 2.88 bits per heavy atom. The second kappa shape index (κ2) is 9.85. The van der Waals surface area contributed by atoms with Gasteiger partial charge in [-0.2, -0.15) is 0 Å². The second-order valence-electron chi connectivity index (χ2n) is 6.01. The lowest BCUT2D eigenvalue weighted by molar-refractivity contribution is 0.134. The van der Waals surface area contributed by atoms with E-state index in [4.69, 9.17) is 4.74 Å². The van der Waals surface area contributed by atoms with Crippen molar-refractivity contribution in [3.8, 4) is 0 Å². The first kappa shape index (κ1) is 18.2. The Labute approximate surface area is 144 Å². The zero-order valence-corrected chi connectivity index (χ0v) is 14.6. The number of ether oxygens (including phenoxy) is 1. The molecule has 1 N–H and O–H groups in total. The van der Waals surface area contributed by atoms with Crippen LogP contribution in [0.25, 0.3) is 0 Å². The predicted octanol–water partition coefficient (Wildman–Crippen LogP) is 3.63. The first-order chi connectivity index (χ1) is 11.7. The highest BCUT2D eigenvalue weighted by Gasteiger charge is 2.30. The Bertz CT molecular complexity index is 569. The topological polar surface area (TPSA) is 63.0 Å². The molecule has 1 aromatic carbocycles. The molecule has 1 aliphatic rings. The van der Waals surface area contributed by atoms with Crippen molar-refractivity contribution >= 4 is 18.0 Å². The smallest absolute Gasteiger partial charge is 0.407 e. The van der Waals surface area contributed by atoms with E-state index >= 15 is 0 Å². The molecule has 2 unspecified atom stereocenters. The molecule has 0 aromatic heterocycles. The number of hydrogen-bond donors (Lipinski definition) is 1. The Hall–Kier alpha value is -2.17. The van der Waals surface area contributed by atoms with Crippen LogP contribution in [0.2, 0.25) is 0 Å². The third-order valence-electron chi connectivity index (χ3n) is 4.13. The molecule has 5 nitrogen and oxygen atoms in total. The molecule has 1 amide bonds. The highest BCUT2D eigenvalue weighted by molar-refractivity contribution is 6.00. The van der Waals surface area contributed by atoms with Gasteiger partial charge in [0, 0.05) is 31.6 Å². The third kappa shape index (κ3) is 5.48. The van der Waals surface area contributed by atoms with Crippen molar-refractivity contribution in [2.24, 2.45) is 15.9 Å². The van der Waals surface area contributed by atoms with Gasteiger partial charge in [-0.25, -0.2) is 4.79 Å². The molecule has 130 valence electrons. The number of amides is 1. The molecular weight excluding hydrogens is 302 g/mol. The minimum Gasteiger partial charge on any atom is -0.445 e. The average Bonchev–Trinajstić information content (AvgIpc) is 2.61. The van der Waals surface area contributed by atoms with E-state index in [1.165, 1.54) is 0 Å². The number of rotatable bonds is 6. The Balaban J connectivity index is 1.94. The van der Waals surface area contributed by atoms with Crippen LogP contribution < -0.4 is 5.32 Å². The molecule has 24 heavy (non-hydrogen) atoms. The van der Waals surface area contributed by atoms with Crippen LogP contribution in [0.5, 0.6) is 0 Å². The summed E-state index contributed by atoms with van der Waals surface area (Å²) in [6.45, 7) is 3.23. The van der Waals surface area contributed by atoms with Crippen molar-refractivity contribution in [2.75, 3.05) is 13.6 Å². The lowest BCUT2D eigenvalue weighted by atomic mass is 9.83. The van der Waals surface area contributed by atoms with E-state index in [2.05, 4.69) is 22.2 Å². The van der Waals surface area contributed by atoms with E-state index in [0.717, 1.165) is 43.5 Å². The number of hydrogen-bond acceptors (Lipinski definition) is 4. The van der Waals surface area contributed by atoms with Crippen LogP contribution >= 0.6 is 0 Å². The van der Waals surface area contributed by atoms with E-state index in [1.54, 1.807) is 7.05 Å². The van der Waals surface area contributed by atoms with Gasteiger partial charge in [-0.05, 0) is 31.2 Å². The maximum atomic E-state index is 12.1. The predicted molar refractivity (Wildman–Crippen MR) is 97.9 cm³/mol. The summed E-state index contributed by atoms with van der Waals surface area (Å²) >= 11 is 0.